The Morgan fingerprint density at radius 2 is 1.80 bits per heavy atom. The molecule has 4 amide bonds. The first-order valence-electron chi connectivity index (χ1n) is 13.9. The van der Waals surface area contributed by atoms with E-state index in [-0.39, 0.29) is 36.9 Å². The number of hydrogen-bond donors (Lipinski definition) is 3. The first-order valence-corrected chi connectivity index (χ1v) is 13.9. The molecule has 0 aliphatic carbocycles. The van der Waals surface area contributed by atoms with Crippen LogP contribution in [0.1, 0.15) is 37.0 Å². The second-order valence-electron chi connectivity index (χ2n) is 10.8. The molecule has 3 atom stereocenters. The summed E-state index contributed by atoms with van der Waals surface area (Å²) in [6, 6.07) is 11.3. The van der Waals surface area contributed by atoms with Crippen molar-refractivity contribution in [1.29, 1.82) is 0 Å². The van der Waals surface area contributed by atoms with E-state index in [1.807, 2.05) is 25.9 Å². The highest BCUT2D eigenvalue weighted by Gasteiger charge is 2.34. The maximum absolute atomic E-state index is 13.6. The minimum Gasteiger partial charge on any atom is -0.497 e. The number of hydrogen-bond acceptors (Lipinski definition) is 7. The van der Waals surface area contributed by atoms with Gasteiger partial charge in [0.25, 0.3) is 5.91 Å². The largest absolute Gasteiger partial charge is 0.497 e. The van der Waals surface area contributed by atoms with Gasteiger partial charge in [0, 0.05) is 37.3 Å². The molecular formula is C30H43N5O6. The summed E-state index contributed by atoms with van der Waals surface area (Å²) in [6.07, 6.45) is 0.623. The smallest absolute Gasteiger partial charge is 0.321 e. The lowest BCUT2D eigenvalue weighted by molar-refractivity contribution is -0.116. The number of methoxy groups -OCH3 is 1. The molecule has 1 aliphatic heterocycles. The molecule has 2 aromatic rings. The monoisotopic (exact) mass is 569 g/mol. The highest BCUT2D eigenvalue weighted by molar-refractivity contribution is 6.00. The fourth-order valence-corrected chi connectivity index (χ4v) is 4.54. The molecule has 0 bridgehead atoms. The summed E-state index contributed by atoms with van der Waals surface area (Å²) in [6.45, 7) is 4.90. The van der Waals surface area contributed by atoms with Crippen LogP contribution in [-0.4, -0.2) is 104 Å². The van der Waals surface area contributed by atoms with Crippen LogP contribution in [0.4, 0.5) is 16.2 Å². The number of carbonyl (C=O) groups is 3. The van der Waals surface area contributed by atoms with E-state index in [1.54, 1.807) is 68.4 Å². The zero-order chi connectivity index (χ0) is 30.1. The summed E-state index contributed by atoms with van der Waals surface area (Å²) in [4.78, 5) is 44.3. The molecule has 2 aromatic carbocycles. The lowest BCUT2D eigenvalue weighted by atomic mass is 9.99. The Bertz CT molecular complexity index is 1190. The SMILES string of the molecule is COc1ccc(NC(=O)N(C)C[C@H]2Oc3ccc(NC(=O)CCCN(C)C)cc3C(=O)N([C@H](C)CO)C[C@H]2C)cc1. The summed E-state index contributed by atoms with van der Waals surface area (Å²) in [5.74, 6) is 0.462. The molecule has 3 N–H and O–H groups in total. The van der Waals surface area contributed by atoms with E-state index in [2.05, 4.69) is 10.6 Å². The van der Waals surface area contributed by atoms with Gasteiger partial charge in [0.05, 0.1) is 31.9 Å². The minimum absolute atomic E-state index is 0.136. The van der Waals surface area contributed by atoms with E-state index in [4.69, 9.17) is 9.47 Å². The van der Waals surface area contributed by atoms with Crippen molar-refractivity contribution in [2.75, 3.05) is 65.1 Å². The number of carbonyl (C=O) groups excluding carboxylic acids is 3. The average Bonchev–Trinajstić information content (AvgIpc) is 2.94. The van der Waals surface area contributed by atoms with Gasteiger partial charge in [-0.2, -0.15) is 0 Å². The lowest BCUT2D eigenvalue weighted by Gasteiger charge is -2.38. The highest BCUT2D eigenvalue weighted by atomic mass is 16.5. The van der Waals surface area contributed by atoms with Crippen LogP contribution in [0.5, 0.6) is 11.5 Å². The quantitative estimate of drug-likeness (QED) is 0.379. The van der Waals surface area contributed by atoms with Crippen molar-refractivity contribution in [1.82, 2.24) is 14.7 Å². The van der Waals surface area contributed by atoms with Crippen LogP contribution in [0.3, 0.4) is 0 Å². The molecule has 0 fully saturated rings. The predicted octanol–water partition coefficient (Wildman–Crippen LogP) is 3.36. The van der Waals surface area contributed by atoms with Gasteiger partial charge in [-0.25, -0.2) is 4.79 Å². The summed E-state index contributed by atoms with van der Waals surface area (Å²) in [5, 5.41) is 15.6. The van der Waals surface area contributed by atoms with E-state index in [0.29, 0.717) is 47.8 Å². The maximum atomic E-state index is 13.6. The van der Waals surface area contributed by atoms with Crippen molar-refractivity contribution < 1.29 is 29.0 Å². The third-order valence-electron chi connectivity index (χ3n) is 7.10. The normalized spacial score (nSPS) is 17.6. The Hall–Kier alpha value is -3.83. The van der Waals surface area contributed by atoms with Gasteiger partial charge >= 0.3 is 6.03 Å². The fraction of sp³-hybridized carbons (Fsp3) is 0.500. The molecule has 11 nitrogen and oxygen atoms in total. The highest BCUT2D eigenvalue weighted by Crippen LogP contribution is 2.31. The zero-order valence-electron chi connectivity index (χ0n) is 24.8. The summed E-state index contributed by atoms with van der Waals surface area (Å²) >= 11 is 0. The Morgan fingerprint density at radius 3 is 2.44 bits per heavy atom. The van der Waals surface area contributed by atoms with Crippen molar-refractivity contribution in [3.05, 3.63) is 48.0 Å². The fourth-order valence-electron chi connectivity index (χ4n) is 4.54. The van der Waals surface area contributed by atoms with Gasteiger partial charge in [-0.15, -0.1) is 0 Å². The number of anilines is 2. The number of amides is 4. The van der Waals surface area contributed by atoms with Gasteiger partial charge in [-0.05, 0) is 76.4 Å². The standard InChI is InChI=1S/C30H43N5O6/c1-20-17-35(21(2)19-36)29(38)25-16-23(31-28(37)8-7-15-33(3)4)11-14-26(25)41-27(20)18-34(5)30(39)32-22-9-12-24(40-6)13-10-22/h9-14,16,20-21,27,36H,7-8,15,17-19H2,1-6H3,(H,31,37)(H,32,39)/t20-,21-,27-/m1/s1. The third kappa shape index (κ3) is 8.83. The van der Waals surface area contributed by atoms with E-state index < -0.39 is 12.1 Å². The summed E-state index contributed by atoms with van der Waals surface area (Å²) < 4.78 is 11.5. The van der Waals surface area contributed by atoms with Crippen molar-refractivity contribution in [2.24, 2.45) is 5.92 Å². The van der Waals surface area contributed by atoms with Crippen LogP contribution in [0, 0.1) is 5.92 Å². The number of benzene rings is 2. The molecule has 11 heteroatoms. The van der Waals surface area contributed by atoms with E-state index >= 15 is 0 Å². The first kappa shape index (κ1) is 31.7. The molecule has 0 aromatic heterocycles. The number of fused-ring (bicyclic) bond motifs is 1. The number of urea groups is 1. The molecule has 0 unspecified atom stereocenters. The van der Waals surface area contributed by atoms with Gasteiger partial charge in [0.15, 0.2) is 0 Å². The number of aliphatic hydroxyl groups is 1. The number of ether oxygens (including phenoxy) is 2. The number of rotatable bonds is 11. The molecule has 0 saturated heterocycles. The van der Waals surface area contributed by atoms with Crippen LogP contribution in [0.2, 0.25) is 0 Å². The molecule has 224 valence electrons. The van der Waals surface area contributed by atoms with Gasteiger partial charge < -0.3 is 39.9 Å². The molecule has 0 radical (unpaired) electrons. The van der Waals surface area contributed by atoms with E-state index in [1.165, 1.54) is 4.90 Å². The van der Waals surface area contributed by atoms with Crippen molar-refractivity contribution in [2.45, 2.75) is 38.8 Å². The lowest BCUT2D eigenvalue weighted by Crippen LogP contribution is -2.50. The molecule has 0 saturated carbocycles. The first-order chi connectivity index (χ1) is 19.5. The van der Waals surface area contributed by atoms with Gasteiger partial charge in [-0.3, -0.25) is 9.59 Å². The Balaban J connectivity index is 1.80. The Kier molecular flexibility index (Phi) is 11.4. The number of aliphatic hydroxyl groups excluding tert-OH is 1. The average molecular weight is 570 g/mol. The second-order valence-corrected chi connectivity index (χ2v) is 10.8. The molecule has 41 heavy (non-hydrogen) atoms. The van der Waals surface area contributed by atoms with Crippen LogP contribution in [-0.2, 0) is 4.79 Å². The molecule has 0 spiro atoms. The van der Waals surface area contributed by atoms with Gasteiger partial charge in [-0.1, -0.05) is 6.92 Å². The topological polar surface area (TPSA) is 124 Å². The van der Waals surface area contributed by atoms with Gasteiger partial charge in [0.1, 0.15) is 17.6 Å². The number of nitrogens with one attached hydrogen (secondary N) is 2. The molecule has 1 heterocycles. The summed E-state index contributed by atoms with van der Waals surface area (Å²) in [7, 11) is 7.17. The summed E-state index contributed by atoms with van der Waals surface area (Å²) in [5.41, 5.74) is 1.41. The molecule has 3 rings (SSSR count). The third-order valence-corrected chi connectivity index (χ3v) is 7.10. The van der Waals surface area contributed by atoms with Crippen LogP contribution < -0.4 is 20.1 Å². The van der Waals surface area contributed by atoms with Crippen LogP contribution in [0.25, 0.3) is 0 Å². The number of likely N-dealkylation sites (N-methyl/N-ethyl adjacent to an activating group) is 1. The Morgan fingerprint density at radius 1 is 1.12 bits per heavy atom. The molecule has 1 aliphatic rings. The Labute approximate surface area is 242 Å². The van der Waals surface area contributed by atoms with Crippen LogP contribution >= 0.6 is 0 Å². The van der Waals surface area contributed by atoms with E-state index in [0.717, 1.165) is 6.54 Å². The van der Waals surface area contributed by atoms with Crippen molar-refractivity contribution in [3.63, 3.8) is 0 Å². The second kappa shape index (κ2) is 14.7. The maximum Gasteiger partial charge on any atom is 0.321 e. The zero-order valence-corrected chi connectivity index (χ0v) is 24.8. The number of nitrogens with zero attached hydrogens (tertiary/aromatic N) is 3. The van der Waals surface area contributed by atoms with Crippen LogP contribution in [0.15, 0.2) is 42.5 Å². The van der Waals surface area contributed by atoms with E-state index in [9.17, 15) is 19.5 Å². The predicted molar refractivity (Wildman–Crippen MR) is 159 cm³/mol. The minimum atomic E-state index is -0.451. The van der Waals surface area contributed by atoms with Crippen molar-refractivity contribution in [3.8, 4) is 11.5 Å². The molecular weight excluding hydrogens is 526 g/mol. The van der Waals surface area contributed by atoms with Gasteiger partial charge in [0.2, 0.25) is 5.91 Å². The van der Waals surface area contributed by atoms with Crippen molar-refractivity contribution >= 4 is 29.2 Å².